The van der Waals surface area contributed by atoms with Crippen molar-refractivity contribution in [2.24, 2.45) is 0 Å². The van der Waals surface area contributed by atoms with Crippen molar-refractivity contribution in [2.45, 2.75) is 6.42 Å². The van der Waals surface area contributed by atoms with Gasteiger partial charge >= 0.3 is 0 Å². The molecule has 0 radical (unpaired) electrons. The molecule has 1 aliphatic rings. The summed E-state index contributed by atoms with van der Waals surface area (Å²) in [4.78, 5) is 2.13. The maximum absolute atomic E-state index is 8.21. The van der Waals surface area contributed by atoms with E-state index in [0.717, 1.165) is 19.7 Å². The first-order valence-electron chi connectivity index (χ1n) is 3.10. The SMILES string of the molecule is N#CCCN1CCOC1. The molecule has 0 spiro atoms. The summed E-state index contributed by atoms with van der Waals surface area (Å²) in [5.41, 5.74) is 0. The lowest BCUT2D eigenvalue weighted by atomic mass is 10.4. The van der Waals surface area contributed by atoms with E-state index in [0.29, 0.717) is 13.2 Å². The average Bonchev–Trinajstić information content (AvgIpc) is 2.34. The second kappa shape index (κ2) is 3.44. The van der Waals surface area contributed by atoms with Crippen LogP contribution in [0.5, 0.6) is 0 Å². The van der Waals surface area contributed by atoms with E-state index in [-0.39, 0.29) is 0 Å². The number of hydrogen-bond acceptors (Lipinski definition) is 3. The van der Waals surface area contributed by atoms with Gasteiger partial charge in [0, 0.05) is 19.5 Å². The standard InChI is InChI=1S/C6H10N2O/c7-2-1-3-8-4-5-9-6-8/h1,3-6H2. The van der Waals surface area contributed by atoms with Gasteiger partial charge in [0.2, 0.25) is 0 Å². The van der Waals surface area contributed by atoms with Gasteiger partial charge in [-0.05, 0) is 0 Å². The van der Waals surface area contributed by atoms with Crippen LogP contribution in [0.3, 0.4) is 0 Å². The van der Waals surface area contributed by atoms with Crippen LogP contribution in [-0.4, -0.2) is 31.3 Å². The minimum absolute atomic E-state index is 0.614. The highest BCUT2D eigenvalue weighted by Crippen LogP contribution is 1.98. The second-order valence-corrected chi connectivity index (χ2v) is 2.06. The van der Waals surface area contributed by atoms with Crippen LogP contribution in [0.25, 0.3) is 0 Å². The van der Waals surface area contributed by atoms with Gasteiger partial charge in [-0.15, -0.1) is 0 Å². The Labute approximate surface area is 54.8 Å². The summed E-state index contributed by atoms with van der Waals surface area (Å²) in [5.74, 6) is 0. The van der Waals surface area contributed by atoms with Gasteiger partial charge < -0.3 is 4.74 Å². The zero-order chi connectivity index (χ0) is 6.53. The molecule has 1 saturated heterocycles. The Kier molecular flexibility index (Phi) is 2.49. The van der Waals surface area contributed by atoms with E-state index >= 15 is 0 Å². The summed E-state index contributed by atoms with van der Waals surface area (Å²) in [6, 6.07) is 2.10. The molecule has 9 heavy (non-hydrogen) atoms. The van der Waals surface area contributed by atoms with Gasteiger partial charge in [-0.3, -0.25) is 4.90 Å². The van der Waals surface area contributed by atoms with Crippen LogP contribution in [0.4, 0.5) is 0 Å². The minimum Gasteiger partial charge on any atom is -0.365 e. The van der Waals surface area contributed by atoms with Crippen LogP contribution >= 0.6 is 0 Å². The van der Waals surface area contributed by atoms with Crippen molar-refractivity contribution in [1.29, 1.82) is 5.26 Å². The molecule has 0 bridgehead atoms. The monoisotopic (exact) mass is 126 g/mol. The maximum Gasteiger partial charge on any atom is 0.0991 e. The predicted octanol–water partition coefficient (Wildman–Crippen LogP) is 0.190. The van der Waals surface area contributed by atoms with E-state index in [1.165, 1.54) is 0 Å². The fourth-order valence-electron chi connectivity index (χ4n) is 0.836. The third-order valence-electron chi connectivity index (χ3n) is 1.37. The molecule has 3 heteroatoms. The highest BCUT2D eigenvalue weighted by Gasteiger charge is 2.09. The number of nitrogens with zero attached hydrogens (tertiary/aromatic N) is 2. The normalized spacial score (nSPS) is 19.9. The molecule has 0 aromatic rings. The Morgan fingerprint density at radius 3 is 3.11 bits per heavy atom. The topological polar surface area (TPSA) is 36.3 Å². The first-order chi connectivity index (χ1) is 4.43. The van der Waals surface area contributed by atoms with Gasteiger partial charge in [-0.25, -0.2) is 0 Å². The molecule has 0 aromatic carbocycles. The summed E-state index contributed by atoms with van der Waals surface area (Å²) in [5, 5.41) is 8.21. The Morgan fingerprint density at radius 2 is 2.56 bits per heavy atom. The van der Waals surface area contributed by atoms with E-state index in [1.807, 2.05) is 0 Å². The summed E-state index contributed by atoms with van der Waals surface area (Å²) in [7, 11) is 0. The van der Waals surface area contributed by atoms with Crippen LogP contribution in [-0.2, 0) is 4.74 Å². The molecule has 1 heterocycles. The molecule has 1 rings (SSSR count). The maximum atomic E-state index is 8.21. The van der Waals surface area contributed by atoms with Crippen molar-refractivity contribution in [3.63, 3.8) is 0 Å². The number of hydrogen-bond donors (Lipinski definition) is 0. The Bertz CT molecular complexity index is 113. The van der Waals surface area contributed by atoms with E-state index in [1.54, 1.807) is 0 Å². The third-order valence-corrected chi connectivity index (χ3v) is 1.37. The quantitative estimate of drug-likeness (QED) is 0.530. The molecule has 0 aromatic heterocycles. The minimum atomic E-state index is 0.614. The lowest BCUT2D eigenvalue weighted by Crippen LogP contribution is -2.20. The van der Waals surface area contributed by atoms with E-state index in [9.17, 15) is 0 Å². The molecule has 0 saturated carbocycles. The van der Waals surface area contributed by atoms with Crippen LogP contribution in [0.2, 0.25) is 0 Å². The van der Waals surface area contributed by atoms with Crippen molar-refractivity contribution < 1.29 is 4.74 Å². The molecule has 0 N–H and O–H groups in total. The molecule has 50 valence electrons. The largest absolute Gasteiger partial charge is 0.365 e. The van der Waals surface area contributed by atoms with Crippen LogP contribution in [0, 0.1) is 11.3 Å². The van der Waals surface area contributed by atoms with E-state index in [4.69, 9.17) is 10.00 Å². The Balaban J connectivity index is 2.06. The van der Waals surface area contributed by atoms with Crippen LogP contribution in [0.1, 0.15) is 6.42 Å². The fraction of sp³-hybridized carbons (Fsp3) is 0.833. The summed E-state index contributed by atoms with van der Waals surface area (Å²) < 4.78 is 5.07. The van der Waals surface area contributed by atoms with Gasteiger partial charge in [0.15, 0.2) is 0 Å². The lowest BCUT2D eigenvalue weighted by molar-refractivity contribution is 0.142. The Hall–Kier alpha value is -0.590. The number of rotatable bonds is 2. The summed E-state index contributed by atoms with van der Waals surface area (Å²) in [6.07, 6.45) is 0.614. The van der Waals surface area contributed by atoms with Crippen molar-refractivity contribution in [3.05, 3.63) is 0 Å². The van der Waals surface area contributed by atoms with Crippen molar-refractivity contribution in [1.82, 2.24) is 4.90 Å². The van der Waals surface area contributed by atoms with Gasteiger partial charge in [-0.2, -0.15) is 5.26 Å². The molecular formula is C6H10N2O. The third kappa shape index (κ3) is 2.00. The molecule has 3 nitrogen and oxygen atoms in total. The second-order valence-electron chi connectivity index (χ2n) is 2.06. The van der Waals surface area contributed by atoms with Crippen LogP contribution < -0.4 is 0 Å². The number of ether oxygens (including phenoxy) is 1. The van der Waals surface area contributed by atoms with Gasteiger partial charge in [0.05, 0.1) is 19.4 Å². The van der Waals surface area contributed by atoms with Gasteiger partial charge in [-0.1, -0.05) is 0 Å². The highest BCUT2D eigenvalue weighted by atomic mass is 16.5. The average molecular weight is 126 g/mol. The molecule has 1 aliphatic heterocycles. The smallest absolute Gasteiger partial charge is 0.0991 e. The van der Waals surface area contributed by atoms with E-state index in [2.05, 4.69) is 11.0 Å². The molecule has 0 atom stereocenters. The summed E-state index contributed by atoms with van der Waals surface area (Å²) in [6.45, 7) is 3.38. The molecule has 0 aliphatic carbocycles. The Morgan fingerprint density at radius 1 is 1.67 bits per heavy atom. The summed E-state index contributed by atoms with van der Waals surface area (Å²) >= 11 is 0. The fourth-order valence-corrected chi connectivity index (χ4v) is 0.836. The number of nitriles is 1. The van der Waals surface area contributed by atoms with Gasteiger partial charge in [0.1, 0.15) is 0 Å². The van der Waals surface area contributed by atoms with Crippen molar-refractivity contribution in [2.75, 3.05) is 26.4 Å². The van der Waals surface area contributed by atoms with Gasteiger partial charge in [0.25, 0.3) is 0 Å². The lowest BCUT2D eigenvalue weighted by Gasteiger charge is -2.08. The van der Waals surface area contributed by atoms with E-state index < -0.39 is 0 Å². The first-order valence-corrected chi connectivity index (χ1v) is 3.10. The zero-order valence-electron chi connectivity index (χ0n) is 5.34. The van der Waals surface area contributed by atoms with Crippen LogP contribution in [0.15, 0.2) is 0 Å². The molecular weight excluding hydrogens is 116 g/mol. The van der Waals surface area contributed by atoms with Crippen molar-refractivity contribution >= 4 is 0 Å². The van der Waals surface area contributed by atoms with Crippen molar-refractivity contribution in [3.8, 4) is 6.07 Å². The highest BCUT2D eigenvalue weighted by molar-refractivity contribution is 4.72. The predicted molar refractivity (Wildman–Crippen MR) is 32.6 cm³/mol. The molecule has 1 fully saturated rings. The first kappa shape index (κ1) is 6.53. The molecule has 0 unspecified atom stereocenters. The zero-order valence-corrected chi connectivity index (χ0v) is 5.34. The molecule has 0 amide bonds.